The molecule has 0 spiro atoms. The van der Waals surface area contributed by atoms with Gasteiger partial charge in [0.05, 0.1) is 5.75 Å². The highest BCUT2D eigenvalue weighted by Gasteiger charge is 2.16. The van der Waals surface area contributed by atoms with Gasteiger partial charge in [0.2, 0.25) is 5.91 Å². The van der Waals surface area contributed by atoms with Crippen LogP contribution in [0, 0.1) is 0 Å². The second-order valence-electron chi connectivity index (χ2n) is 5.36. The zero-order valence-corrected chi connectivity index (χ0v) is 14.0. The normalized spacial score (nSPS) is 15.8. The molecule has 1 aromatic carbocycles. The van der Waals surface area contributed by atoms with E-state index in [-0.39, 0.29) is 5.91 Å². The first kappa shape index (κ1) is 16.3. The van der Waals surface area contributed by atoms with Gasteiger partial charge in [-0.3, -0.25) is 4.79 Å². The fourth-order valence-corrected chi connectivity index (χ4v) is 3.42. The minimum atomic E-state index is 0.0596. The summed E-state index contributed by atoms with van der Waals surface area (Å²) in [5.74, 6) is 0.798. The molecule has 1 aliphatic rings. The predicted octanol–water partition coefficient (Wildman–Crippen LogP) is 3.02. The number of nitrogens with zero attached hydrogens (tertiary/aromatic N) is 1. The van der Waals surface area contributed by atoms with Crippen molar-refractivity contribution < 1.29 is 4.79 Å². The van der Waals surface area contributed by atoms with E-state index in [0.29, 0.717) is 18.2 Å². The molecular weight excluding hydrogens is 300 g/mol. The van der Waals surface area contributed by atoms with E-state index in [0.717, 1.165) is 17.4 Å². The van der Waals surface area contributed by atoms with E-state index in [1.807, 2.05) is 18.2 Å². The van der Waals surface area contributed by atoms with Gasteiger partial charge >= 0.3 is 0 Å². The van der Waals surface area contributed by atoms with Gasteiger partial charge in [0.15, 0.2) is 0 Å². The van der Waals surface area contributed by atoms with E-state index in [2.05, 4.69) is 29.3 Å². The molecule has 0 aromatic heterocycles. The molecule has 1 saturated heterocycles. The molecular formula is C16H22N2OS2. The molecule has 0 unspecified atom stereocenters. The summed E-state index contributed by atoms with van der Waals surface area (Å²) in [6.45, 7) is 4.87. The zero-order valence-electron chi connectivity index (χ0n) is 12.4. The lowest BCUT2D eigenvalue weighted by Gasteiger charge is -2.17. The van der Waals surface area contributed by atoms with Crippen LogP contribution in [0.2, 0.25) is 0 Å². The van der Waals surface area contributed by atoms with Crippen LogP contribution in [0.3, 0.4) is 0 Å². The molecule has 114 valence electrons. The van der Waals surface area contributed by atoms with E-state index < -0.39 is 0 Å². The summed E-state index contributed by atoms with van der Waals surface area (Å²) in [5, 5.41) is 2.99. The molecule has 1 heterocycles. The number of carbonyl (C=O) groups is 1. The summed E-state index contributed by atoms with van der Waals surface area (Å²) < 4.78 is 0.860. The molecule has 5 heteroatoms. The van der Waals surface area contributed by atoms with Crippen molar-refractivity contribution in [2.75, 3.05) is 25.4 Å². The Morgan fingerprint density at radius 2 is 2.00 bits per heavy atom. The van der Waals surface area contributed by atoms with Crippen molar-refractivity contribution in [3.63, 3.8) is 0 Å². The van der Waals surface area contributed by atoms with Gasteiger partial charge in [0.1, 0.15) is 4.32 Å². The third-order valence-corrected chi connectivity index (χ3v) is 5.19. The third kappa shape index (κ3) is 5.32. The highest BCUT2D eigenvalue weighted by Crippen LogP contribution is 2.16. The molecule has 0 saturated carbocycles. The molecule has 0 aliphatic carbocycles. The molecule has 0 bridgehead atoms. The van der Waals surface area contributed by atoms with Gasteiger partial charge in [-0.05, 0) is 24.3 Å². The molecule has 2 rings (SSSR count). The van der Waals surface area contributed by atoms with Crippen LogP contribution in [0.5, 0.6) is 0 Å². The molecule has 1 fully saturated rings. The van der Waals surface area contributed by atoms with Crippen molar-refractivity contribution >= 4 is 34.2 Å². The molecule has 1 amide bonds. The third-order valence-electron chi connectivity index (χ3n) is 3.67. The highest BCUT2D eigenvalue weighted by atomic mass is 32.2. The monoisotopic (exact) mass is 322 g/mol. The summed E-state index contributed by atoms with van der Waals surface area (Å²) in [5.41, 5.74) is 1.25. The van der Waals surface area contributed by atoms with E-state index in [1.54, 1.807) is 0 Å². The first-order valence-corrected chi connectivity index (χ1v) is 8.79. The number of thiocarbonyl (C=S) groups is 1. The maximum atomic E-state index is 11.9. The summed E-state index contributed by atoms with van der Waals surface area (Å²) >= 11 is 6.83. The van der Waals surface area contributed by atoms with Crippen LogP contribution in [0.25, 0.3) is 0 Å². The second kappa shape index (κ2) is 8.39. The predicted molar refractivity (Wildman–Crippen MR) is 93.7 cm³/mol. The number of likely N-dealkylation sites (tertiary alicyclic amines) is 1. The fraction of sp³-hybridized carbons (Fsp3) is 0.500. The Balaban J connectivity index is 1.66. The summed E-state index contributed by atoms with van der Waals surface area (Å²) in [7, 11) is 0. The minimum Gasteiger partial charge on any atom is -0.358 e. The Labute approximate surface area is 136 Å². The van der Waals surface area contributed by atoms with E-state index in [4.69, 9.17) is 12.2 Å². The first-order valence-electron chi connectivity index (χ1n) is 7.40. The fourth-order valence-electron chi connectivity index (χ4n) is 2.34. The van der Waals surface area contributed by atoms with Crippen LogP contribution in [-0.2, 0) is 4.79 Å². The maximum Gasteiger partial charge on any atom is 0.230 e. The average molecular weight is 322 g/mol. The SMILES string of the molecule is C[C@@H](CNC(=O)CSC(=S)N1CCCC1)c1ccccc1. The maximum absolute atomic E-state index is 11.9. The Hall–Kier alpha value is -1.07. The van der Waals surface area contributed by atoms with E-state index in [9.17, 15) is 4.79 Å². The second-order valence-corrected chi connectivity index (χ2v) is 6.97. The van der Waals surface area contributed by atoms with Crippen LogP contribution >= 0.6 is 24.0 Å². The van der Waals surface area contributed by atoms with Crippen LogP contribution in [-0.4, -0.2) is 40.5 Å². The van der Waals surface area contributed by atoms with Crippen LogP contribution in [0.15, 0.2) is 30.3 Å². The van der Waals surface area contributed by atoms with Gasteiger partial charge in [-0.15, -0.1) is 0 Å². The Kier molecular flexibility index (Phi) is 6.51. The topological polar surface area (TPSA) is 32.3 Å². The van der Waals surface area contributed by atoms with Crippen molar-refractivity contribution in [1.82, 2.24) is 10.2 Å². The number of hydrogen-bond donors (Lipinski definition) is 1. The number of carbonyl (C=O) groups excluding carboxylic acids is 1. The summed E-state index contributed by atoms with van der Waals surface area (Å²) in [4.78, 5) is 14.1. The van der Waals surface area contributed by atoms with E-state index >= 15 is 0 Å². The molecule has 1 aliphatic heterocycles. The number of amides is 1. The molecule has 0 radical (unpaired) electrons. The van der Waals surface area contributed by atoms with Crippen LogP contribution in [0.1, 0.15) is 31.2 Å². The molecule has 1 atom stereocenters. The average Bonchev–Trinajstić information content (AvgIpc) is 3.05. The largest absolute Gasteiger partial charge is 0.358 e. The van der Waals surface area contributed by atoms with Crippen molar-refractivity contribution in [1.29, 1.82) is 0 Å². The minimum absolute atomic E-state index is 0.0596. The number of thioether (sulfide) groups is 1. The summed E-state index contributed by atoms with van der Waals surface area (Å²) in [6.07, 6.45) is 2.42. The zero-order chi connectivity index (χ0) is 15.1. The molecule has 21 heavy (non-hydrogen) atoms. The van der Waals surface area contributed by atoms with E-state index in [1.165, 1.54) is 30.2 Å². The number of nitrogens with one attached hydrogen (secondary N) is 1. The number of benzene rings is 1. The summed E-state index contributed by atoms with van der Waals surface area (Å²) in [6, 6.07) is 10.2. The van der Waals surface area contributed by atoms with Crippen molar-refractivity contribution in [3.05, 3.63) is 35.9 Å². The van der Waals surface area contributed by atoms with Gasteiger partial charge in [-0.1, -0.05) is 61.2 Å². The van der Waals surface area contributed by atoms with Crippen LogP contribution in [0.4, 0.5) is 0 Å². The Bertz CT molecular complexity index is 472. The molecule has 1 N–H and O–H groups in total. The van der Waals surface area contributed by atoms with Gasteiger partial charge in [0.25, 0.3) is 0 Å². The Morgan fingerprint density at radius 3 is 2.67 bits per heavy atom. The van der Waals surface area contributed by atoms with Gasteiger partial charge in [-0.25, -0.2) is 0 Å². The lowest BCUT2D eigenvalue weighted by molar-refractivity contribution is -0.118. The van der Waals surface area contributed by atoms with Gasteiger partial charge in [0, 0.05) is 19.6 Å². The van der Waals surface area contributed by atoms with Crippen molar-refractivity contribution in [2.24, 2.45) is 0 Å². The van der Waals surface area contributed by atoms with Gasteiger partial charge in [-0.2, -0.15) is 0 Å². The standard InChI is InChI=1S/C16H22N2OS2/c1-13(14-7-3-2-4-8-14)11-17-15(19)12-21-16(20)18-9-5-6-10-18/h2-4,7-8,13H,5-6,9-12H2,1H3,(H,17,19)/t13-/m0/s1. The highest BCUT2D eigenvalue weighted by molar-refractivity contribution is 8.23. The lowest BCUT2D eigenvalue weighted by Crippen LogP contribution is -2.31. The number of rotatable bonds is 5. The quantitative estimate of drug-likeness (QED) is 0.845. The Morgan fingerprint density at radius 1 is 1.33 bits per heavy atom. The van der Waals surface area contributed by atoms with Gasteiger partial charge < -0.3 is 10.2 Å². The smallest absolute Gasteiger partial charge is 0.230 e. The lowest BCUT2D eigenvalue weighted by atomic mass is 10.0. The molecule has 1 aromatic rings. The van der Waals surface area contributed by atoms with Crippen molar-refractivity contribution in [2.45, 2.75) is 25.7 Å². The number of hydrogen-bond acceptors (Lipinski definition) is 3. The molecule has 3 nitrogen and oxygen atoms in total. The van der Waals surface area contributed by atoms with Crippen LogP contribution < -0.4 is 5.32 Å². The van der Waals surface area contributed by atoms with Crippen molar-refractivity contribution in [3.8, 4) is 0 Å². The first-order chi connectivity index (χ1) is 10.2.